The molecule has 0 bridgehead atoms. The molecule has 0 aromatic carbocycles. The Morgan fingerprint density at radius 2 is 1.71 bits per heavy atom. The second-order valence-corrected chi connectivity index (χ2v) is 2.02. The van der Waals surface area contributed by atoms with Crippen LogP contribution in [-0.2, 0) is 30.8 Å². The molecule has 0 aromatic heterocycles. The summed E-state index contributed by atoms with van der Waals surface area (Å²) in [5.74, 6) is 0. The topological polar surface area (TPSA) is 66.8 Å². The summed E-state index contributed by atoms with van der Waals surface area (Å²) in [4.78, 5) is 15.4. The molecule has 0 rings (SSSR count). The van der Waals surface area contributed by atoms with E-state index in [0.29, 0.717) is 0 Å². The van der Waals surface area contributed by atoms with E-state index in [1.807, 2.05) is 0 Å². The van der Waals surface area contributed by atoms with Gasteiger partial charge >= 0.3 is 7.82 Å². The van der Waals surface area contributed by atoms with Gasteiger partial charge in [0.1, 0.15) is 0 Å². The predicted octanol–water partition coefficient (Wildman–Crippen LogP) is -0.277. The molecule has 0 spiro atoms. The zero-order chi connectivity index (χ0) is 5.21. The summed E-state index contributed by atoms with van der Waals surface area (Å²) < 4.78 is 13.1. The van der Waals surface area contributed by atoms with Crippen LogP contribution in [-0.4, -0.2) is 16.9 Å². The smallest absolute Gasteiger partial charge is 0.303 e. The first-order valence-electron chi connectivity index (χ1n) is 1.17. The third-order valence-electron chi connectivity index (χ3n) is 0.238. The van der Waals surface area contributed by atoms with E-state index in [1.54, 1.807) is 0 Å². The molecule has 0 radical (unpaired) electrons. The van der Waals surface area contributed by atoms with Crippen molar-refractivity contribution in [2.45, 2.75) is 0 Å². The van der Waals surface area contributed by atoms with E-state index in [9.17, 15) is 4.57 Å². The Bertz CT molecular complexity index is 75.8. The van der Waals surface area contributed by atoms with Crippen LogP contribution in [0.3, 0.4) is 0 Å². The predicted molar refractivity (Wildman–Crippen MR) is 19.1 cm³/mol. The zero-order valence-electron chi connectivity index (χ0n) is 3.66. The minimum Gasteiger partial charge on any atom is -0.303 e. The molecule has 0 aliphatic heterocycles. The van der Waals surface area contributed by atoms with Crippen molar-refractivity contribution < 1.29 is 40.6 Å². The van der Waals surface area contributed by atoms with Crippen LogP contribution in [0, 0.1) is 0 Å². The van der Waals surface area contributed by atoms with E-state index in [4.69, 9.17) is 9.79 Å². The average Bonchev–Trinajstić information content (AvgIpc) is 1.35. The molecule has 0 saturated heterocycles. The Balaban J connectivity index is 0. The van der Waals surface area contributed by atoms with Crippen LogP contribution in [0.2, 0.25) is 0 Å². The SMILES string of the molecule is COP(=O)(O)O.[Ti]. The summed E-state index contributed by atoms with van der Waals surface area (Å²) in [6.07, 6.45) is 0. The number of hydrogen-bond donors (Lipinski definition) is 2. The van der Waals surface area contributed by atoms with Gasteiger partial charge in [0.05, 0.1) is 0 Å². The first-order valence-corrected chi connectivity index (χ1v) is 2.70. The molecule has 42 valence electrons. The van der Waals surface area contributed by atoms with Crippen LogP contribution >= 0.6 is 7.82 Å². The van der Waals surface area contributed by atoms with E-state index < -0.39 is 7.82 Å². The fourth-order valence-corrected chi connectivity index (χ4v) is 0. The van der Waals surface area contributed by atoms with Gasteiger partial charge in [0.2, 0.25) is 0 Å². The molecular formula is CH5O4PTi. The second-order valence-electron chi connectivity index (χ2n) is 0.673. The van der Waals surface area contributed by atoms with Crippen LogP contribution < -0.4 is 0 Å². The molecule has 0 unspecified atom stereocenters. The van der Waals surface area contributed by atoms with Gasteiger partial charge < -0.3 is 9.79 Å². The third-order valence-corrected chi connectivity index (χ3v) is 0.714. The number of hydrogen-bond acceptors (Lipinski definition) is 2. The maximum atomic E-state index is 9.47. The van der Waals surface area contributed by atoms with Crippen molar-refractivity contribution in [3.05, 3.63) is 0 Å². The largest absolute Gasteiger partial charge is 0.469 e. The van der Waals surface area contributed by atoms with E-state index in [0.717, 1.165) is 7.11 Å². The van der Waals surface area contributed by atoms with Crippen molar-refractivity contribution in [1.82, 2.24) is 0 Å². The second kappa shape index (κ2) is 3.78. The van der Waals surface area contributed by atoms with Gasteiger partial charge in [-0.2, -0.15) is 0 Å². The average molecular weight is 160 g/mol. The van der Waals surface area contributed by atoms with Gasteiger partial charge in [0.15, 0.2) is 0 Å². The van der Waals surface area contributed by atoms with E-state index in [-0.39, 0.29) is 21.7 Å². The molecule has 0 aliphatic carbocycles. The molecule has 0 fully saturated rings. The molecule has 0 aromatic rings. The molecule has 0 amide bonds. The quantitative estimate of drug-likeness (QED) is 0.409. The molecule has 0 saturated carbocycles. The minimum absolute atomic E-state index is 0. The van der Waals surface area contributed by atoms with Gasteiger partial charge in [-0.25, -0.2) is 4.57 Å². The molecule has 4 nitrogen and oxygen atoms in total. The van der Waals surface area contributed by atoms with Crippen molar-refractivity contribution in [2.75, 3.05) is 7.11 Å². The summed E-state index contributed by atoms with van der Waals surface area (Å²) >= 11 is 0. The van der Waals surface area contributed by atoms with Gasteiger partial charge in [-0.05, 0) is 0 Å². The van der Waals surface area contributed by atoms with E-state index in [2.05, 4.69) is 4.52 Å². The summed E-state index contributed by atoms with van der Waals surface area (Å²) in [6, 6.07) is 0. The number of rotatable bonds is 1. The van der Waals surface area contributed by atoms with Crippen molar-refractivity contribution in [1.29, 1.82) is 0 Å². The van der Waals surface area contributed by atoms with Crippen LogP contribution in [0.15, 0.2) is 0 Å². The van der Waals surface area contributed by atoms with E-state index >= 15 is 0 Å². The third kappa shape index (κ3) is 10.9. The Hall–Kier alpha value is 0.824. The summed E-state index contributed by atoms with van der Waals surface area (Å²) in [6.45, 7) is 0. The number of phosphoric acid groups is 1. The van der Waals surface area contributed by atoms with Crippen molar-refractivity contribution in [3.63, 3.8) is 0 Å². The molecule has 0 atom stereocenters. The molecular weight excluding hydrogens is 155 g/mol. The zero-order valence-corrected chi connectivity index (χ0v) is 6.11. The van der Waals surface area contributed by atoms with Gasteiger partial charge in [-0.1, -0.05) is 0 Å². The van der Waals surface area contributed by atoms with Gasteiger partial charge in [-0.15, -0.1) is 0 Å². The van der Waals surface area contributed by atoms with Gasteiger partial charge in [-0.3, -0.25) is 4.52 Å². The maximum Gasteiger partial charge on any atom is 0.469 e. The van der Waals surface area contributed by atoms with Crippen LogP contribution in [0.25, 0.3) is 0 Å². The number of phosphoric ester groups is 1. The Kier molecular flexibility index (Phi) is 5.80. The van der Waals surface area contributed by atoms with Gasteiger partial charge in [0.25, 0.3) is 0 Å². The van der Waals surface area contributed by atoms with Crippen molar-refractivity contribution in [3.8, 4) is 0 Å². The monoisotopic (exact) mass is 160 g/mol. The molecule has 7 heavy (non-hydrogen) atoms. The summed E-state index contributed by atoms with van der Waals surface area (Å²) in [5.41, 5.74) is 0. The Morgan fingerprint density at radius 1 is 1.57 bits per heavy atom. The fraction of sp³-hybridized carbons (Fsp3) is 1.00. The van der Waals surface area contributed by atoms with Crippen LogP contribution in [0.4, 0.5) is 0 Å². The molecule has 6 heteroatoms. The van der Waals surface area contributed by atoms with E-state index in [1.165, 1.54) is 0 Å². The van der Waals surface area contributed by atoms with Crippen molar-refractivity contribution in [2.24, 2.45) is 0 Å². The minimum atomic E-state index is -4.15. The standard InChI is InChI=1S/CH5O4P.Ti/c1-5-6(2,3)4;/h1H3,(H2,2,3,4);. The van der Waals surface area contributed by atoms with Crippen molar-refractivity contribution >= 4 is 7.82 Å². The van der Waals surface area contributed by atoms with Gasteiger partial charge in [0, 0.05) is 28.8 Å². The van der Waals surface area contributed by atoms with Crippen LogP contribution in [0.1, 0.15) is 0 Å². The Labute approximate surface area is 56.0 Å². The molecule has 0 heterocycles. The summed E-state index contributed by atoms with van der Waals surface area (Å²) in [5, 5.41) is 0. The summed E-state index contributed by atoms with van der Waals surface area (Å²) in [7, 11) is -3.20. The Morgan fingerprint density at radius 3 is 1.71 bits per heavy atom. The first-order chi connectivity index (χ1) is 2.56. The molecule has 0 aliphatic rings. The normalized spacial score (nSPS) is 10.1. The maximum absolute atomic E-state index is 9.47. The molecule has 2 N–H and O–H groups in total. The first kappa shape index (κ1) is 10.7. The fourth-order valence-electron chi connectivity index (χ4n) is 0. The van der Waals surface area contributed by atoms with Crippen LogP contribution in [0.5, 0.6) is 0 Å².